The van der Waals surface area contributed by atoms with Gasteiger partial charge < -0.3 is 5.32 Å². The van der Waals surface area contributed by atoms with Gasteiger partial charge in [-0.15, -0.1) is 11.3 Å². The summed E-state index contributed by atoms with van der Waals surface area (Å²) >= 11 is 7.68. The molecule has 0 aliphatic rings. The first-order valence-corrected chi connectivity index (χ1v) is 12.7. The van der Waals surface area contributed by atoms with Crippen LogP contribution >= 0.6 is 22.9 Å². The fourth-order valence-electron chi connectivity index (χ4n) is 4.18. The predicted molar refractivity (Wildman–Crippen MR) is 144 cm³/mol. The molecule has 0 unspecified atom stereocenters. The number of nitrogens with zero attached hydrogens (tertiary/aromatic N) is 2. The van der Waals surface area contributed by atoms with Crippen LogP contribution in [0, 0.1) is 0 Å². The molecule has 1 N–H and O–H groups in total. The van der Waals surface area contributed by atoms with E-state index in [-0.39, 0.29) is 11.8 Å². The maximum atomic E-state index is 13.3. The van der Waals surface area contributed by atoms with Gasteiger partial charge in [-0.25, -0.2) is 4.68 Å². The van der Waals surface area contributed by atoms with Gasteiger partial charge in [0.1, 0.15) is 11.4 Å². The molecule has 0 aliphatic carbocycles. The van der Waals surface area contributed by atoms with Crippen LogP contribution in [-0.2, 0) is 0 Å². The smallest absolute Gasteiger partial charge is 0.270 e. The zero-order chi connectivity index (χ0) is 24.0. The fourth-order valence-corrected chi connectivity index (χ4v) is 4.99. The molecule has 0 bridgehead atoms. The summed E-state index contributed by atoms with van der Waals surface area (Å²) in [6.45, 7) is 0.535. The number of rotatable bonds is 8. The van der Waals surface area contributed by atoms with Crippen LogP contribution < -0.4 is 5.32 Å². The summed E-state index contributed by atoms with van der Waals surface area (Å²) in [5.74, 6) is 0.0377. The monoisotopic (exact) mass is 497 g/mol. The number of hydrogen-bond acceptors (Lipinski definition) is 3. The molecule has 1 amide bonds. The van der Waals surface area contributed by atoms with E-state index in [4.69, 9.17) is 16.7 Å². The second-order valence-electron chi connectivity index (χ2n) is 8.20. The summed E-state index contributed by atoms with van der Waals surface area (Å²) in [4.78, 5) is 14.4. The van der Waals surface area contributed by atoms with Crippen molar-refractivity contribution < 1.29 is 4.79 Å². The zero-order valence-corrected chi connectivity index (χ0v) is 20.5. The van der Waals surface area contributed by atoms with Crippen LogP contribution in [-0.4, -0.2) is 22.2 Å². The molecule has 0 saturated heterocycles. The summed E-state index contributed by atoms with van der Waals surface area (Å²) < 4.78 is 1.69. The highest BCUT2D eigenvalue weighted by Gasteiger charge is 2.19. The minimum atomic E-state index is -0.157. The van der Waals surface area contributed by atoms with Crippen molar-refractivity contribution >= 4 is 28.8 Å². The second-order valence-corrected chi connectivity index (χ2v) is 9.58. The topological polar surface area (TPSA) is 46.9 Å². The normalized spacial score (nSPS) is 11.0. The third kappa shape index (κ3) is 5.37. The van der Waals surface area contributed by atoms with E-state index in [0.29, 0.717) is 17.3 Å². The average molecular weight is 498 g/mol. The number of aromatic nitrogens is 2. The third-order valence-corrected chi connectivity index (χ3v) is 7.05. The first-order valence-electron chi connectivity index (χ1n) is 11.5. The lowest BCUT2D eigenvalue weighted by atomic mass is 9.88. The molecule has 6 heteroatoms. The SMILES string of the molecule is O=C(NCCC(c1ccccc1)c1ccccc1)c1cc(-c2cccs2)nn1-c1ccc(Cl)cc1. The van der Waals surface area contributed by atoms with Crippen LogP contribution in [0.1, 0.15) is 34.0 Å². The van der Waals surface area contributed by atoms with Crippen LogP contribution in [0.5, 0.6) is 0 Å². The lowest BCUT2D eigenvalue weighted by molar-refractivity contribution is 0.0945. The third-order valence-electron chi connectivity index (χ3n) is 5.91. The first kappa shape index (κ1) is 23.1. The Morgan fingerprint density at radius 1 is 0.886 bits per heavy atom. The van der Waals surface area contributed by atoms with Crippen molar-refractivity contribution in [3.05, 3.63) is 130 Å². The van der Waals surface area contributed by atoms with E-state index in [9.17, 15) is 4.79 Å². The number of nitrogens with one attached hydrogen (secondary N) is 1. The summed E-state index contributed by atoms with van der Waals surface area (Å²) in [5, 5.41) is 10.5. The summed E-state index contributed by atoms with van der Waals surface area (Å²) in [5.41, 5.74) is 4.52. The Hall–Kier alpha value is -3.67. The van der Waals surface area contributed by atoms with Crippen molar-refractivity contribution in [3.8, 4) is 16.3 Å². The number of carbonyl (C=O) groups is 1. The zero-order valence-electron chi connectivity index (χ0n) is 19.0. The maximum absolute atomic E-state index is 13.3. The molecule has 0 atom stereocenters. The van der Waals surface area contributed by atoms with E-state index in [2.05, 4.69) is 53.8 Å². The molecule has 3 aromatic carbocycles. The Kier molecular flexibility index (Phi) is 7.07. The van der Waals surface area contributed by atoms with E-state index >= 15 is 0 Å². The Balaban J connectivity index is 1.37. The van der Waals surface area contributed by atoms with Gasteiger partial charge >= 0.3 is 0 Å². The molecule has 0 saturated carbocycles. The second kappa shape index (κ2) is 10.7. The van der Waals surface area contributed by atoms with Crippen LogP contribution in [0.2, 0.25) is 5.02 Å². The Morgan fingerprint density at radius 2 is 1.54 bits per heavy atom. The van der Waals surface area contributed by atoms with Gasteiger partial charge in [0, 0.05) is 17.5 Å². The van der Waals surface area contributed by atoms with E-state index in [1.807, 2.05) is 47.8 Å². The minimum Gasteiger partial charge on any atom is -0.351 e. The van der Waals surface area contributed by atoms with Gasteiger partial charge in [0.2, 0.25) is 0 Å². The standard InChI is InChI=1S/C29H24ClN3OS/c30-23-13-15-24(16-14-23)33-27(20-26(32-33)28-12-7-19-35-28)29(34)31-18-17-25(21-8-3-1-4-9-21)22-10-5-2-6-11-22/h1-16,19-20,25H,17-18H2,(H,31,34). The molecule has 2 heterocycles. The van der Waals surface area contributed by atoms with Gasteiger partial charge in [-0.2, -0.15) is 5.10 Å². The Bertz CT molecular complexity index is 1340. The molecule has 4 nitrogen and oxygen atoms in total. The first-order chi connectivity index (χ1) is 17.2. The van der Waals surface area contributed by atoms with Gasteiger partial charge in [0.05, 0.1) is 10.6 Å². The highest BCUT2D eigenvalue weighted by Crippen LogP contribution is 2.28. The fraction of sp³-hybridized carbons (Fsp3) is 0.103. The molecule has 5 aromatic rings. The van der Waals surface area contributed by atoms with Crippen molar-refractivity contribution in [2.75, 3.05) is 6.54 Å². The van der Waals surface area contributed by atoms with E-state index in [1.165, 1.54) is 11.1 Å². The molecule has 35 heavy (non-hydrogen) atoms. The molecular formula is C29H24ClN3OS. The van der Waals surface area contributed by atoms with Crippen LogP contribution in [0.15, 0.2) is 109 Å². The van der Waals surface area contributed by atoms with Crippen LogP contribution in [0.25, 0.3) is 16.3 Å². The number of carbonyl (C=O) groups excluding carboxylic acids is 1. The lowest BCUT2D eigenvalue weighted by Gasteiger charge is -2.18. The highest BCUT2D eigenvalue weighted by molar-refractivity contribution is 7.13. The van der Waals surface area contributed by atoms with Gasteiger partial charge in [-0.05, 0) is 59.3 Å². The molecule has 5 rings (SSSR count). The molecule has 0 aliphatic heterocycles. The molecule has 0 radical (unpaired) electrons. The number of amides is 1. The van der Waals surface area contributed by atoms with Crippen molar-refractivity contribution in [3.63, 3.8) is 0 Å². The van der Waals surface area contributed by atoms with Crippen LogP contribution in [0.4, 0.5) is 0 Å². The number of halogens is 1. The highest BCUT2D eigenvalue weighted by atomic mass is 35.5. The Labute approximate surface area is 213 Å². The number of benzene rings is 3. The molecule has 2 aromatic heterocycles. The maximum Gasteiger partial charge on any atom is 0.270 e. The molecule has 0 spiro atoms. The number of thiophene rings is 1. The Morgan fingerprint density at radius 3 is 2.14 bits per heavy atom. The van der Waals surface area contributed by atoms with E-state index < -0.39 is 0 Å². The molecular weight excluding hydrogens is 474 g/mol. The predicted octanol–water partition coefficient (Wildman–Crippen LogP) is 7.21. The summed E-state index contributed by atoms with van der Waals surface area (Å²) in [6.07, 6.45) is 0.784. The largest absolute Gasteiger partial charge is 0.351 e. The summed E-state index contributed by atoms with van der Waals surface area (Å²) in [6, 6.07) is 34.0. The lowest BCUT2D eigenvalue weighted by Crippen LogP contribution is -2.28. The minimum absolute atomic E-state index is 0.157. The van der Waals surface area contributed by atoms with E-state index in [0.717, 1.165) is 22.7 Å². The van der Waals surface area contributed by atoms with Gasteiger partial charge in [-0.3, -0.25) is 4.79 Å². The van der Waals surface area contributed by atoms with E-state index in [1.54, 1.807) is 28.2 Å². The van der Waals surface area contributed by atoms with Crippen LogP contribution in [0.3, 0.4) is 0 Å². The number of hydrogen-bond donors (Lipinski definition) is 1. The van der Waals surface area contributed by atoms with Gasteiger partial charge in [-0.1, -0.05) is 78.3 Å². The molecule has 174 valence electrons. The van der Waals surface area contributed by atoms with Crippen molar-refractivity contribution in [1.29, 1.82) is 0 Å². The van der Waals surface area contributed by atoms with Crippen molar-refractivity contribution in [2.24, 2.45) is 0 Å². The molecule has 0 fully saturated rings. The van der Waals surface area contributed by atoms with Gasteiger partial charge in [0.25, 0.3) is 5.91 Å². The quantitative estimate of drug-likeness (QED) is 0.246. The summed E-state index contributed by atoms with van der Waals surface area (Å²) in [7, 11) is 0. The van der Waals surface area contributed by atoms with Crippen molar-refractivity contribution in [2.45, 2.75) is 12.3 Å². The average Bonchev–Trinajstić information content (AvgIpc) is 3.59. The van der Waals surface area contributed by atoms with Gasteiger partial charge in [0.15, 0.2) is 0 Å². The van der Waals surface area contributed by atoms with Crippen molar-refractivity contribution in [1.82, 2.24) is 15.1 Å².